The molecule has 0 amide bonds. The summed E-state index contributed by atoms with van der Waals surface area (Å²) in [5, 5.41) is 11.9. The molecule has 0 fully saturated rings. The first-order valence-corrected chi connectivity index (χ1v) is 6.42. The largest absolute Gasteiger partial charge is 0.376 e. The van der Waals surface area contributed by atoms with Crippen LogP contribution in [-0.4, -0.2) is 6.04 Å². The predicted molar refractivity (Wildman–Crippen MR) is 70.8 cm³/mol. The zero-order valence-electron chi connectivity index (χ0n) is 10.3. The van der Waals surface area contributed by atoms with E-state index in [4.69, 9.17) is 5.26 Å². The molecule has 0 bridgehead atoms. The third-order valence-electron chi connectivity index (χ3n) is 3.19. The Hall–Kier alpha value is -1.82. The van der Waals surface area contributed by atoms with E-state index in [1.165, 1.54) is 25.3 Å². The molecule has 0 saturated carbocycles. The van der Waals surface area contributed by atoms with Crippen molar-refractivity contribution in [2.45, 2.75) is 38.1 Å². The lowest BCUT2D eigenvalue weighted by atomic mass is 10.0. The van der Waals surface area contributed by atoms with E-state index >= 15 is 0 Å². The Morgan fingerprint density at radius 3 is 2.94 bits per heavy atom. The molecule has 0 heterocycles. The molecule has 2 rings (SSSR count). The number of allylic oxidation sites excluding steroid dienone is 1. The summed E-state index contributed by atoms with van der Waals surface area (Å²) in [7, 11) is 0. The highest BCUT2D eigenvalue weighted by Crippen LogP contribution is 2.20. The fourth-order valence-electron chi connectivity index (χ4n) is 2.18. The smallest absolute Gasteiger partial charge is 0.147 e. The summed E-state index contributed by atoms with van der Waals surface area (Å²) in [5.41, 5.74) is 0.829. The normalized spacial score (nSPS) is 21.4. The Morgan fingerprint density at radius 2 is 2.17 bits per heavy atom. The summed E-state index contributed by atoms with van der Waals surface area (Å²) in [4.78, 5) is 0. The summed E-state index contributed by atoms with van der Waals surface area (Å²) in [6.45, 7) is 0. The van der Waals surface area contributed by atoms with E-state index in [-0.39, 0.29) is 11.9 Å². The molecular weight excluding hydrogens is 227 g/mol. The number of halogens is 1. The van der Waals surface area contributed by atoms with Crippen molar-refractivity contribution >= 4 is 5.69 Å². The SMILES string of the molecule is N#Cc1ccc(NC2/C=C/CCCCC2)c(F)c1. The van der Waals surface area contributed by atoms with Crippen molar-refractivity contribution in [2.75, 3.05) is 5.32 Å². The van der Waals surface area contributed by atoms with Crippen LogP contribution in [0.25, 0.3) is 0 Å². The molecule has 18 heavy (non-hydrogen) atoms. The van der Waals surface area contributed by atoms with Gasteiger partial charge in [0.25, 0.3) is 0 Å². The van der Waals surface area contributed by atoms with Gasteiger partial charge in [0.05, 0.1) is 17.3 Å². The number of anilines is 1. The number of hydrogen-bond acceptors (Lipinski definition) is 2. The minimum absolute atomic E-state index is 0.188. The topological polar surface area (TPSA) is 35.8 Å². The zero-order valence-corrected chi connectivity index (χ0v) is 10.3. The van der Waals surface area contributed by atoms with Crippen LogP contribution in [0.15, 0.2) is 30.4 Å². The average Bonchev–Trinajstić information content (AvgIpc) is 2.34. The van der Waals surface area contributed by atoms with Crippen molar-refractivity contribution in [3.05, 3.63) is 41.7 Å². The van der Waals surface area contributed by atoms with Crippen LogP contribution < -0.4 is 5.32 Å². The van der Waals surface area contributed by atoms with E-state index in [9.17, 15) is 4.39 Å². The third-order valence-corrected chi connectivity index (χ3v) is 3.19. The Morgan fingerprint density at radius 1 is 1.28 bits per heavy atom. The molecule has 0 aliphatic heterocycles. The standard InChI is InChI=1S/C15H17FN2/c16-14-10-12(11-17)8-9-15(14)18-13-6-4-2-1-3-5-7-13/h4,6,8-10,13,18H,1-3,5,7H2/b6-4+. The quantitative estimate of drug-likeness (QED) is 0.798. The summed E-state index contributed by atoms with van der Waals surface area (Å²) in [6.07, 6.45) is 10.1. The van der Waals surface area contributed by atoms with Gasteiger partial charge in [-0.25, -0.2) is 4.39 Å². The van der Waals surface area contributed by atoms with E-state index in [0.29, 0.717) is 11.3 Å². The lowest BCUT2D eigenvalue weighted by Crippen LogP contribution is -2.18. The second-order valence-electron chi connectivity index (χ2n) is 4.62. The van der Waals surface area contributed by atoms with Gasteiger partial charge in [0.15, 0.2) is 0 Å². The van der Waals surface area contributed by atoms with E-state index < -0.39 is 0 Å². The van der Waals surface area contributed by atoms with Crippen LogP contribution in [0.5, 0.6) is 0 Å². The molecule has 0 saturated heterocycles. The van der Waals surface area contributed by atoms with Crippen LogP contribution in [0.4, 0.5) is 10.1 Å². The summed E-state index contributed by atoms with van der Waals surface area (Å²) >= 11 is 0. The van der Waals surface area contributed by atoms with Crippen molar-refractivity contribution in [1.82, 2.24) is 0 Å². The highest BCUT2D eigenvalue weighted by molar-refractivity contribution is 5.50. The Kier molecular flexibility index (Phi) is 4.35. The van der Waals surface area contributed by atoms with Gasteiger partial charge in [-0.05, 0) is 37.5 Å². The maximum atomic E-state index is 13.7. The minimum atomic E-state index is -0.357. The number of nitrogens with zero attached hydrogens (tertiary/aromatic N) is 1. The number of nitriles is 1. The molecule has 0 radical (unpaired) electrons. The van der Waals surface area contributed by atoms with Crippen LogP contribution in [0, 0.1) is 17.1 Å². The van der Waals surface area contributed by atoms with Gasteiger partial charge >= 0.3 is 0 Å². The molecule has 1 atom stereocenters. The van der Waals surface area contributed by atoms with Crippen LogP contribution in [-0.2, 0) is 0 Å². The van der Waals surface area contributed by atoms with Crippen LogP contribution in [0.3, 0.4) is 0 Å². The second-order valence-corrected chi connectivity index (χ2v) is 4.62. The van der Waals surface area contributed by atoms with Gasteiger partial charge in [-0.1, -0.05) is 25.0 Å². The van der Waals surface area contributed by atoms with Crippen molar-refractivity contribution in [1.29, 1.82) is 5.26 Å². The van der Waals surface area contributed by atoms with Gasteiger partial charge in [0.2, 0.25) is 0 Å². The van der Waals surface area contributed by atoms with E-state index in [1.54, 1.807) is 12.1 Å². The lowest BCUT2D eigenvalue weighted by Gasteiger charge is -2.18. The van der Waals surface area contributed by atoms with Gasteiger partial charge in [-0.15, -0.1) is 0 Å². The molecule has 1 aliphatic carbocycles. The van der Waals surface area contributed by atoms with Crippen molar-refractivity contribution in [3.63, 3.8) is 0 Å². The van der Waals surface area contributed by atoms with Gasteiger partial charge < -0.3 is 5.32 Å². The molecule has 2 nitrogen and oxygen atoms in total. The number of hydrogen-bond donors (Lipinski definition) is 1. The molecule has 94 valence electrons. The van der Waals surface area contributed by atoms with Crippen LogP contribution >= 0.6 is 0 Å². The summed E-state index contributed by atoms with van der Waals surface area (Å²) in [6, 6.07) is 6.67. The molecule has 1 unspecified atom stereocenters. The molecule has 1 N–H and O–H groups in total. The number of benzene rings is 1. The van der Waals surface area contributed by atoms with Gasteiger partial charge in [0.1, 0.15) is 5.82 Å². The Balaban J connectivity index is 2.08. The highest BCUT2D eigenvalue weighted by Gasteiger charge is 2.10. The molecular formula is C15H17FN2. The first kappa shape index (κ1) is 12.6. The van der Waals surface area contributed by atoms with Crippen molar-refractivity contribution in [3.8, 4) is 6.07 Å². The van der Waals surface area contributed by atoms with Gasteiger partial charge in [-0.2, -0.15) is 5.26 Å². The number of rotatable bonds is 2. The highest BCUT2D eigenvalue weighted by atomic mass is 19.1. The predicted octanol–water partition coefficient (Wildman–Crippen LogP) is 4.00. The molecule has 1 aromatic rings. The third kappa shape index (κ3) is 3.33. The van der Waals surface area contributed by atoms with Crippen molar-refractivity contribution in [2.24, 2.45) is 0 Å². The number of nitrogens with one attached hydrogen (secondary N) is 1. The fraction of sp³-hybridized carbons (Fsp3) is 0.400. The molecule has 1 aromatic carbocycles. The second kappa shape index (κ2) is 6.20. The Bertz CT molecular complexity index is 474. The van der Waals surface area contributed by atoms with Gasteiger partial charge in [-0.3, -0.25) is 0 Å². The van der Waals surface area contributed by atoms with Crippen LogP contribution in [0.1, 0.15) is 37.7 Å². The molecule has 3 heteroatoms. The molecule has 0 spiro atoms. The first-order chi connectivity index (χ1) is 8.79. The molecule has 0 aromatic heterocycles. The summed E-state index contributed by atoms with van der Waals surface area (Å²) < 4.78 is 13.7. The van der Waals surface area contributed by atoms with E-state index in [0.717, 1.165) is 12.8 Å². The minimum Gasteiger partial charge on any atom is -0.376 e. The zero-order chi connectivity index (χ0) is 12.8. The fourth-order valence-corrected chi connectivity index (χ4v) is 2.18. The monoisotopic (exact) mass is 244 g/mol. The molecule has 1 aliphatic rings. The van der Waals surface area contributed by atoms with Crippen molar-refractivity contribution < 1.29 is 4.39 Å². The summed E-state index contributed by atoms with van der Waals surface area (Å²) in [5.74, 6) is -0.357. The lowest BCUT2D eigenvalue weighted by molar-refractivity contribution is 0.599. The average molecular weight is 244 g/mol. The Labute approximate surface area is 107 Å². The van der Waals surface area contributed by atoms with Crippen LogP contribution in [0.2, 0.25) is 0 Å². The maximum absolute atomic E-state index is 13.7. The maximum Gasteiger partial charge on any atom is 0.147 e. The van der Waals surface area contributed by atoms with E-state index in [2.05, 4.69) is 17.5 Å². The van der Waals surface area contributed by atoms with E-state index in [1.807, 2.05) is 6.07 Å². The first-order valence-electron chi connectivity index (χ1n) is 6.42. The van der Waals surface area contributed by atoms with Gasteiger partial charge in [0, 0.05) is 6.04 Å².